The fourth-order valence-corrected chi connectivity index (χ4v) is 4.57. The molecule has 0 aliphatic carbocycles. The van der Waals surface area contributed by atoms with E-state index in [0.717, 1.165) is 25.7 Å². The van der Waals surface area contributed by atoms with Crippen molar-refractivity contribution in [2.45, 2.75) is 194 Å². The van der Waals surface area contributed by atoms with Crippen LogP contribution in [0.1, 0.15) is 194 Å². The summed E-state index contributed by atoms with van der Waals surface area (Å²) in [6.07, 6.45) is 33.9. The zero-order valence-corrected chi connectivity index (χ0v) is 25.7. The fraction of sp³-hybridized carbons (Fsp3) is 0.938. The zero-order chi connectivity index (χ0) is 27.0. The first kappa shape index (κ1) is 40.9. The molecule has 0 rings (SSSR count). The van der Waals surface area contributed by atoms with Gasteiger partial charge in [0.05, 0.1) is 0 Å². The molecule has 0 spiro atoms. The Morgan fingerprint density at radius 3 is 0.676 bits per heavy atom. The van der Waals surface area contributed by atoms with Gasteiger partial charge in [0.25, 0.3) is 0 Å². The van der Waals surface area contributed by atoms with Gasteiger partial charge in [-0.2, -0.15) is 0 Å². The SMILES string of the molecule is CCCCCCCCCCCCCCCC(=O)[O-].CCCCCCCCCCCCCCCC(=O)[O-].[Cu+2]. The predicted octanol–water partition coefficient (Wildman–Crippen LogP) is 8.43. The largest absolute Gasteiger partial charge is 2.00 e. The van der Waals surface area contributed by atoms with E-state index in [1.807, 2.05) is 0 Å². The summed E-state index contributed by atoms with van der Waals surface area (Å²) in [6.45, 7) is 4.51. The maximum absolute atomic E-state index is 10.2. The third-order valence-corrected chi connectivity index (χ3v) is 6.97. The minimum absolute atomic E-state index is 0. The van der Waals surface area contributed by atoms with Crippen LogP contribution in [0.3, 0.4) is 0 Å². The summed E-state index contributed by atoms with van der Waals surface area (Å²) in [4.78, 5) is 20.4. The first-order valence-corrected chi connectivity index (χ1v) is 15.9. The molecule has 0 atom stereocenters. The second-order valence-corrected chi connectivity index (χ2v) is 10.7. The number of hydrogen-bond acceptors (Lipinski definition) is 4. The van der Waals surface area contributed by atoms with E-state index in [1.165, 1.54) is 141 Å². The van der Waals surface area contributed by atoms with Gasteiger partial charge >= 0.3 is 17.1 Å². The summed E-state index contributed by atoms with van der Waals surface area (Å²) in [5, 5.41) is 20.4. The van der Waals surface area contributed by atoms with E-state index in [-0.39, 0.29) is 29.9 Å². The van der Waals surface area contributed by atoms with E-state index in [9.17, 15) is 19.8 Å². The average molecular weight is 574 g/mol. The molecule has 5 heteroatoms. The molecule has 0 amide bonds. The van der Waals surface area contributed by atoms with Gasteiger partial charge in [-0.25, -0.2) is 0 Å². The monoisotopic (exact) mass is 573 g/mol. The summed E-state index contributed by atoms with van der Waals surface area (Å²) < 4.78 is 0. The van der Waals surface area contributed by atoms with Gasteiger partial charge in [0.2, 0.25) is 0 Å². The van der Waals surface area contributed by atoms with Crippen molar-refractivity contribution < 1.29 is 36.9 Å². The average Bonchev–Trinajstić information content (AvgIpc) is 2.85. The molecule has 0 aliphatic heterocycles. The Labute approximate surface area is 242 Å². The first-order valence-electron chi connectivity index (χ1n) is 15.9. The Bertz CT molecular complexity index is 403. The van der Waals surface area contributed by atoms with Crippen LogP contribution in [0, 0.1) is 0 Å². The Hall–Kier alpha value is -0.541. The van der Waals surface area contributed by atoms with E-state index in [2.05, 4.69) is 13.8 Å². The molecule has 37 heavy (non-hydrogen) atoms. The van der Waals surface area contributed by atoms with Crippen LogP contribution in [0.5, 0.6) is 0 Å². The molecule has 0 unspecified atom stereocenters. The molecule has 0 aromatic heterocycles. The second kappa shape index (κ2) is 37.6. The number of carbonyl (C=O) groups is 2. The van der Waals surface area contributed by atoms with Crippen molar-refractivity contribution in [3.8, 4) is 0 Å². The van der Waals surface area contributed by atoms with Crippen LogP contribution in [0.2, 0.25) is 0 Å². The smallest absolute Gasteiger partial charge is 0.550 e. The molecule has 0 aromatic carbocycles. The summed E-state index contributed by atoms with van der Waals surface area (Å²) in [5.74, 6) is -1.81. The maximum Gasteiger partial charge on any atom is 2.00 e. The summed E-state index contributed by atoms with van der Waals surface area (Å²) >= 11 is 0. The van der Waals surface area contributed by atoms with Crippen LogP contribution in [-0.4, -0.2) is 11.9 Å². The molecule has 1 radical (unpaired) electrons. The van der Waals surface area contributed by atoms with Gasteiger partial charge < -0.3 is 19.8 Å². The van der Waals surface area contributed by atoms with Gasteiger partial charge in [0.1, 0.15) is 0 Å². The van der Waals surface area contributed by atoms with Crippen molar-refractivity contribution in [1.29, 1.82) is 0 Å². The van der Waals surface area contributed by atoms with Crippen molar-refractivity contribution >= 4 is 11.9 Å². The minimum atomic E-state index is -0.905. The second-order valence-electron chi connectivity index (χ2n) is 10.7. The minimum Gasteiger partial charge on any atom is -0.550 e. The van der Waals surface area contributed by atoms with Gasteiger partial charge in [0, 0.05) is 11.9 Å². The van der Waals surface area contributed by atoms with Crippen molar-refractivity contribution in [2.75, 3.05) is 0 Å². The van der Waals surface area contributed by atoms with Gasteiger partial charge in [-0.05, 0) is 25.7 Å². The third kappa shape index (κ3) is 45.7. The van der Waals surface area contributed by atoms with Crippen molar-refractivity contribution in [3.05, 3.63) is 0 Å². The van der Waals surface area contributed by atoms with Crippen LogP contribution >= 0.6 is 0 Å². The first-order chi connectivity index (χ1) is 17.5. The molecule has 0 N–H and O–H groups in total. The maximum atomic E-state index is 10.2. The van der Waals surface area contributed by atoms with E-state index < -0.39 is 11.9 Å². The molecule has 0 heterocycles. The number of carboxylic acids is 2. The van der Waals surface area contributed by atoms with E-state index in [4.69, 9.17) is 0 Å². The fourth-order valence-electron chi connectivity index (χ4n) is 4.57. The molecule has 4 nitrogen and oxygen atoms in total. The number of carboxylic acid groups (broad SMARTS) is 2. The Morgan fingerprint density at radius 1 is 0.351 bits per heavy atom. The predicted molar refractivity (Wildman–Crippen MR) is 151 cm³/mol. The van der Waals surface area contributed by atoms with Crippen LogP contribution in [0.4, 0.5) is 0 Å². The zero-order valence-electron chi connectivity index (χ0n) is 24.7. The summed E-state index contributed by atoms with van der Waals surface area (Å²) in [6, 6.07) is 0. The summed E-state index contributed by atoms with van der Waals surface area (Å²) in [5.41, 5.74) is 0. The topological polar surface area (TPSA) is 80.3 Å². The van der Waals surface area contributed by atoms with Gasteiger partial charge in [-0.1, -0.05) is 168 Å². The van der Waals surface area contributed by atoms with Crippen molar-refractivity contribution in [3.63, 3.8) is 0 Å². The normalized spacial score (nSPS) is 10.4. The van der Waals surface area contributed by atoms with Gasteiger partial charge in [0.15, 0.2) is 0 Å². The molecular weight excluding hydrogens is 512 g/mol. The molecule has 0 aromatic rings. The number of unbranched alkanes of at least 4 members (excludes halogenated alkanes) is 24. The molecule has 225 valence electrons. The van der Waals surface area contributed by atoms with Crippen LogP contribution in [-0.2, 0) is 26.7 Å². The molecule has 0 aliphatic rings. The summed E-state index contributed by atoms with van der Waals surface area (Å²) in [7, 11) is 0. The number of carbonyl (C=O) groups excluding carboxylic acids is 2. The standard InChI is InChI=1S/2C16H32O2.Cu/c2*1-2-3-4-5-6-7-8-9-10-11-12-13-14-15-16(17)18;/h2*2-15H2,1H3,(H,17,18);/q;;+2/p-2. The van der Waals surface area contributed by atoms with E-state index >= 15 is 0 Å². The molecule has 0 fully saturated rings. The van der Waals surface area contributed by atoms with E-state index in [0.29, 0.717) is 0 Å². The number of aliphatic carboxylic acids is 2. The molecule has 0 saturated heterocycles. The van der Waals surface area contributed by atoms with Crippen LogP contribution in [0.15, 0.2) is 0 Å². The van der Waals surface area contributed by atoms with Crippen LogP contribution in [0.25, 0.3) is 0 Å². The van der Waals surface area contributed by atoms with E-state index in [1.54, 1.807) is 0 Å². The Morgan fingerprint density at radius 2 is 0.514 bits per heavy atom. The van der Waals surface area contributed by atoms with Crippen LogP contribution < -0.4 is 10.2 Å². The Kier molecular flexibility index (Phi) is 41.6. The van der Waals surface area contributed by atoms with Crippen molar-refractivity contribution in [2.24, 2.45) is 0 Å². The third-order valence-electron chi connectivity index (χ3n) is 6.97. The Balaban J connectivity index is -0.000000608. The molecule has 0 saturated carbocycles. The van der Waals surface area contributed by atoms with Gasteiger partial charge in [-0.15, -0.1) is 0 Å². The molecule has 0 bridgehead atoms. The number of rotatable bonds is 28. The van der Waals surface area contributed by atoms with Gasteiger partial charge in [-0.3, -0.25) is 0 Å². The quantitative estimate of drug-likeness (QED) is 0.0694. The molecular formula is C32H62CuO4. The number of hydrogen-bond donors (Lipinski definition) is 0. The van der Waals surface area contributed by atoms with Crippen molar-refractivity contribution in [1.82, 2.24) is 0 Å².